The zero-order valence-corrected chi connectivity index (χ0v) is 7.90. The number of nitrogens with zero attached hydrogens (tertiary/aromatic N) is 2. The number of nitrogens with two attached hydrogens (primary N) is 1. The molecule has 1 aromatic rings. The van der Waals surface area contributed by atoms with Crippen molar-refractivity contribution in [2.45, 2.75) is 38.8 Å². The third-order valence-electron chi connectivity index (χ3n) is 1.76. The fourth-order valence-electron chi connectivity index (χ4n) is 0.934. The Bertz CT molecular complexity index is 260. The summed E-state index contributed by atoms with van der Waals surface area (Å²) in [6.45, 7) is 3.62. The van der Waals surface area contributed by atoms with Gasteiger partial charge >= 0.3 is 0 Å². The van der Waals surface area contributed by atoms with Gasteiger partial charge in [0.1, 0.15) is 6.04 Å². The van der Waals surface area contributed by atoms with E-state index in [1.165, 1.54) is 0 Å². The van der Waals surface area contributed by atoms with Crippen LogP contribution in [-0.4, -0.2) is 21.4 Å². The molecule has 0 aliphatic carbocycles. The van der Waals surface area contributed by atoms with E-state index < -0.39 is 12.1 Å². The predicted octanol–water partition coefficient (Wildman–Crippen LogP) is 0.403. The molecule has 0 radical (unpaired) electrons. The van der Waals surface area contributed by atoms with E-state index in [4.69, 9.17) is 15.4 Å². The van der Waals surface area contributed by atoms with Crippen LogP contribution in [0.5, 0.6) is 0 Å². The Morgan fingerprint density at radius 3 is 2.85 bits per heavy atom. The monoisotopic (exact) mass is 185 g/mol. The van der Waals surface area contributed by atoms with Gasteiger partial charge in [-0.2, -0.15) is 4.98 Å². The number of hydrogen-bond acceptors (Lipinski definition) is 5. The smallest absolute Gasteiger partial charge is 0.246 e. The number of aryl methyl sites for hydroxylation is 1. The first-order chi connectivity index (χ1) is 6.15. The molecule has 0 spiro atoms. The van der Waals surface area contributed by atoms with E-state index in [-0.39, 0.29) is 0 Å². The highest BCUT2D eigenvalue weighted by atomic mass is 16.5. The van der Waals surface area contributed by atoms with Gasteiger partial charge in [0.25, 0.3) is 0 Å². The van der Waals surface area contributed by atoms with Gasteiger partial charge in [-0.15, -0.1) is 0 Å². The second kappa shape index (κ2) is 4.34. The quantitative estimate of drug-likeness (QED) is 0.709. The molecule has 0 bridgehead atoms. The summed E-state index contributed by atoms with van der Waals surface area (Å²) < 4.78 is 4.89. The van der Waals surface area contributed by atoms with Crippen LogP contribution in [0.1, 0.15) is 38.0 Å². The minimum Gasteiger partial charge on any atom is -0.391 e. The van der Waals surface area contributed by atoms with Crippen LogP contribution >= 0.6 is 0 Å². The van der Waals surface area contributed by atoms with Crippen LogP contribution in [0.15, 0.2) is 4.52 Å². The molecule has 3 N–H and O–H groups in total. The topological polar surface area (TPSA) is 85.2 Å². The first-order valence-corrected chi connectivity index (χ1v) is 4.41. The second-order valence-corrected chi connectivity index (χ2v) is 3.07. The SMILES string of the molecule is CCCc1noc(C(N)C(C)O)n1. The Balaban J connectivity index is 2.67. The van der Waals surface area contributed by atoms with Gasteiger partial charge in [0.05, 0.1) is 6.10 Å². The molecule has 5 nitrogen and oxygen atoms in total. The largest absolute Gasteiger partial charge is 0.391 e. The summed E-state index contributed by atoms with van der Waals surface area (Å²) in [5.41, 5.74) is 5.60. The summed E-state index contributed by atoms with van der Waals surface area (Å²) >= 11 is 0. The standard InChI is InChI=1S/C8H15N3O2/c1-3-4-6-10-8(13-11-6)7(9)5(2)12/h5,7,12H,3-4,9H2,1-2H3. The molecule has 0 amide bonds. The Kier molecular flexibility index (Phi) is 3.39. The van der Waals surface area contributed by atoms with E-state index in [1.54, 1.807) is 6.92 Å². The first kappa shape index (κ1) is 10.1. The Morgan fingerprint density at radius 2 is 2.31 bits per heavy atom. The van der Waals surface area contributed by atoms with Gasteiger partial charge in [-0.3, -0.25) is 0 Å². The molecular formula is C8H15N3O2. The van der Waals surface area contributed by atoms with Crippen molar-refractivity contribution in [1.82, 2.24) is 10.1 Å². The number of aromatic nitrogens is 2. The van der Waals surface area contributed by atoms with Crippen LogP contribution < -0.4 is 5.73 Å². The van der Waals surface area contributed by atoms with E-state index in [0.717, 1.165) is 12.8 Å². The average molecular weight is 185 g/mol. The Labute approximate surface area is 76.9 Å². The second-order valence-electron chi connectivity index (χ2n) is 3.07. The molecule has 13 heavy (non-hydrogen) atoms. The zero-order chi connectivity index (χ0) is 9.84. The number of rotatable bonds is 4. The summed E-state index contributed by atoms with van der Waals surface area (Å²) in [6, 6.07) is -0.585. The molecule has 74 valence electrons. The maximum atomic E-state index is 9.16. The van der Waals surface area contributed by atoms with Gasteiger partial charge in [0, 0.05) is 6.42 Å². The number of aliphatic hydroxyl groups excluding tert-OH is 1. The van der Waals surface area contributed by atoms with Crippen molar-refractivity contribution >= 4 is 0 Å². The average Bonchev–Trinajstić information content (AvgIpc) is 2.52. The zero-order valence-electron chi connectivity index (χ0n) is 7.90. The highest BCUT2D eigenvalue weighted by Crippen LogP contribution is 2.11. The fourth-order valence-corrected chi connectivity index (χ4v) is 0.934. The Hall–Kier alpha value is -0.940. The summed E-state index contributed by atoms with van der Waals surface area (Å²) in [4.78, 5) is 4.06. The summed E-state index contributed by atoms with van der Waals surface area (Å²) in [5.74, 6) is 0.951. The van der Waals surface area contributed by atoms with Gasteiger partial charge in [0.2, 0.25) is 5.89 Å². The molecule has 1 rings (SSSR count). The van der Waals surface area contributed by atoms with Crippen LogP contribution in [0.25, 0.3) is 0 Å². The maximum absolute atomic E-state index is 9.16. The molecule has 0 saturated carbocycles. The molecule has 0 aliphatic heterocycles. The molecule has 0 aromatic carbocycles. The lowest BCUT2D eigenvalue weighted by Crippen LogP contribution is -2.23. The number of aliphatic hydroxyl groups is 1. The highest BCUT2D eigenvalue weighted by Gasteiger charge is 2.18. The van der Waals surface area contributed by atoms with Crippen molar-refractivity contribution in [3.8, 4) is 0 Å². The van der Waals surface area contributed by atoms with Crippen molar-refractivity contribution in [2.24, 2.45) is 5.73 Å². The summed E-state index contributed by atoms with van der Waals surface area (Å²) in [5, 5.41) is 12.9. The van der Waals surface area contributed by atoms with Gasteiger partial charge in [-0.25, -0.2) is 0 Å². The fraction of sp³-hybridized carbons (Fsp3) is 0.750. The third-order valence-corrected chi connectivity index (χ3v) is 1.76. The minimum absolute atomic E-state index is 0.304. The van der Waals surface area contributed by atoms with Gasteiger partial charge < -0.3 is 15.4 Å². The van der Waals surface area contributed by atoms with Crippen LogP contribution in [-0.2, 0) is 6.42 Å². The molecule has 2 atom stereocenters. The van der Waals surface area contributed by atoms with E-state index in [2.05, 4.69) is 10.1 Å². The predicted molar refractivity (Wildman–Crippen MR) is 46.9 cm³/mol. The molecular weight excluding hydrogens is 170 g/mol. The van der Waals surface area contributed by atoms with Crippen molar-refractivity contribution in [3.63, 3.8) is 0 Å². The lowest BCUT2D eigenvalue weighted by molar-refractivity contribution is 0.146. The molecule has 2 unspecified atom stereocenters. The molecule has 0 fully saturated rings. The van der Waals surface area contributed by atoms with Gasteiger partial charge in [-0.05, 0) is 13.3 Å². The lowest BCUT2D eigenvalue weighted by atomic mass is 10.2. The summed E-state index contributed by atoms with van der Waals surface area (Å²) in [6.07, 6.45) is 1.06. The first-order valence-electron chi connectivity index (χ1n) is 4.41. The molecule has 5 heteroatoms. The molecule has 0 saturated heterocycles. The van der Waals surface area contributed by atoms with Crippen LogP contribution in [0.4, 0.5) is 0 Å². The third kappa shape index (κ3) is 2.50. The molecule has 1 aromatic heterocycles. The molecule has 0 aliphatic rings. The van der Waals surface area contributed by atoms with Crippen LogP contribution in [0.3, 0.4) is 0 Å². The lowest BCUT2D eigenvalue weighted by Gasteiger charge is -2.08. The Morgan fingerprint density at radius 1 is 1.62 bits per heavy atom. The number of hydrogen-bond donors (Lipinski definition) is 2. The van der Waals surface area contributed by atoms with Gasteiger partial charge in [-0.1, -0.05) is 12.1 Å². The van der Waals surface area contributed by atoms with Crippen LogP contribution in [0, 0.1) is 0 Å². The highest BCUT2D eigenvalue weighted by molar-refractivity contribution is 4.93. The molecule has 1 heterocycles. The maximum Gasteiger partial charge on any atom is 0.246 e. The van der Waals surface area contributed by atoms with E-state index in [0.29, 0.717) is 11.7 Å². The van der Waals surface area contributed by atoms with Crippen molar-refractivity contribution in [2.75, 3.05) is 0 Å². The van der Waals surface area contributed by atoms with Crippen molar-refractivity contribution in [3.05, 3.63) is 11.7 Å². The summed E-state index contributed by atoms with van der Waals surface area (Å²) in [7, 11) is 0. The van der Waals surface area contributed by atoms with E-state index >= 15 is 0 Å². The minimum atomic E-state index is -0.671. The van der Waals surface area contributed by atoms with Gasteiger partial charge in [0.15, 0.2) is 5.82 Å². The van der Waals surface area contributed by atoms with Crippen molar-refractivity contribution in [1.29, 1.82) is 0 Å². The normalized spacial score (nSPS) is 15.7. The van der Waals surface area contributed by atoms with E-state index in [9.17, 15) is 0 Å². The van der Waals surface area contributed by atoms with Crippen LogP contribution in [0.2, 0.25) is 0 Å². The van der Waals surface area contributed by atoms with Crippen molar-refractivity contribution < 1.29 is 9.63 Å². The van der Waals surface area contributed by atoms with E-state index in [1.807, 2.05) is 6.92 Å².